The first-order chi connectivity index (χ1) is 9.49. The Morgan fingerprint density at radius 3 is 2.60 bits per heavy atom. The fourth-order valence-corrected chi connectivity index (χ4v) is 2.45. The van der Waals surface area contributed by atoms with Crippen LogP contribution in [0.3, 0.4) is 0 Å². The normalized spacial score (nSPS) is 12.2. The van der Waals surface area contributed by atoms with Gasteiger partial charge >= 0.3 is 0 Å². The van der Waals surface area contributed by atoms with Crippen molar-refractivity contribution in [3.05, 3.63) is 36.0 Å². The van der Waals surface area contributed by atoms with Crippen LogP contribution in [-0.4, -0.2) is 10.1 Å². The predicted octanol–water partition coefficient (Wildman–Crippen LogP) is 4.72. The summed E-state index contributed by atoms with van der Waals surface area (Å²) in [6, 6.07) is 9.06. The molecular weight excluding hydrogens is 244 g/mol. The molecule has 2 heteroatoms. The van der Waals surface area contributed by atoms with E-state index >= 15 is 0 Å². The van der Waals surface area contributed by atoms with Gasteiger partial charge in [-0.15, -0.1) is 0 Å². The van der Waals surface area contributed by atoms with Crippen molar-refractivity contribution in [1.82, 2.24) is 9.88 Å². The van der Waals surface area contributed by atoms with Crippen molar-refractivity contribution >= 4 is 10.9 Å². The molecule has 0 saturated carbocycles. The number of hydrogen-bond acceptors (Lipinski definition) is 1. The molecule has 1 heterocycles. The van der Waals surface area contributed by atoms with E-state index in [1.165, 1.54) is 35.7 Å². The van der Waals surface area contributed by atoms with Crippen molar-refractivity contribution < 1.29 is 0 Å². The van der Waals surface area contributed by atoms with Crippen molar-refractivity contribution in [3.8, 4) is 0 Å². The molecule has 1 N–H and O–H groups in total. The first kappa shape index (κ1) is 15.1. The van der Waals surface area contributed by atoms with Gasteiger partial charge in [0.05, 0.1) is 0 Å². The zero-order valence-corrected chi connectivity index (χ0v) is 13.4. The van der Waals surface area contributed by atoms with E-state index in [0.29, 0.717) is 0 Å². The molecule has 0 atom stereocenters. The van der Waals surface area contributed by atoms with Crippen LogP contribution in [0.4, 0.5) is 0 Å². The van der Waals surface area contributed by atoms with Gasteiger partial charge in [-0.3, -0.25) is 0 Å². The van der Waals surface area contributed by atoms with Crippen LogP contribution >= 0.6 is 0 Å². The summed E-state index contributed by atoms with van der Waals surface area (Å²) in [7, 11) is 0. The topological polar surface area (TPSA) is 17.0 Å². The largest absolute Gasteiger partial charge is 0.347 e. The molecule has 20 heavy (non-hydrogen) atoms. The molecule has 0 radical (unpaired) electrons. The van der Waals surface area contributed by atoms with Crippen LogP contribution in [0.25, 0.3) is 10.9 Å². The first-order valence-corrected chi connectivity index (χ1v) is 7.82. The molecule has 0 aliphatic heterocycles. The number of hydrogen-bond donors (Lipinski definition) is 1. The lowest BCUT2D eigenvalue weighted by Crippen LogP contribution is -2.35. The molecule has 0 aliphatic carbocycles. The van der Waals surface area contributed by atoms with Crippen molar-refractivity contribution in [3.63, 3.8) is 0 Å². The third-order valence-electron chi connectivity index (χ3n) is 3.66. The lowest BCUT2D eigenvalue weighted by atomic mass is 10.1. The summed E-state index contributed by atoms with van der Waals surface area (Å²) in [5.74, 6) is 0. The molecule has 0 amide bonds. The van der Waals surface area contributed by atoms with E-state index in [4.69, 9.17) is 0 Å². The van der Waals surface area contributed by atoms with Crippen LogP contribution in [0.15, 0.2) is 30.5 Å². The van der Waals surface area contributed by atoms with Gasteiger partial charge in [0.15, 0.2) is 0 Å². The molecule has 0 bridgehead atoms. The number of benzene rings is 1. The molecule has 0 spiro atoms. The summed E-state index contributed by atoms with van der Waals surface area (Å²) in [4.78, 5) is 0. The monoisotopic (exact) mass is 272 g/mol. The number of nitrogens with one attached hydrogen (secondary N) is 1. The molecule has 0 unspecified atom stereocenters. The molecule has 2 rings (SSSR count). The summed E-state index contributed by atoms with van der Waals surface area (Å²) in [5, 5.41) is 4.90. The van der Waals surface area contributed by atoms with E-state index in [1.54, 1.807) is 0 Å². The molecule has 0 aliphatic rings. The van der Waals surface area contributed by atoms with Gasteiger partial charge in [0, 0.05) is 30.3 Å². The summed E-state index contributed by atoms with van der Waals surface area (Å²) < 4.78 is 2.38. The summed E-state index contributed by atoms with van der Waals surface area (Å²) in [5.41, 5.74) is 2.89. The van der Waals surface area contributed by atoms with Gasteiger partial charge in [-0.2, -0.15) is 0 Å². The number of aryl methyl sites for hydroxylation is 1. The van der Waals surface area contributed by atoms with Crippen LogP contribution < -0.4 is 5.32 Å². The Hall–Kier alpha value is -1.28. The van der Waals surface area contributed by atoms with Gasteiger partial charge < -0.3 is 9.88 Å². The SMILES string of the molecule is CCCCCn1ccc2cc(CNC(C)(C)C)ccc21. The lowest BCUT2D eigenvalue weighted by molar-refractivity contribution is 0.424. The molecule has 0 fully saturated rings. The lowest BCUT2D eigenvalue weighted by Gasteiger charge is -2.20. The minimum Gasteiger partial charge on any atom is -0.347 e. The van der Waals surface area contributed by atoms with Crippen LogP contribution in [0.2, 0.25) is 0 Å². The molecule has 1 aromatic carbocycles. The Kier molecular flexibility index (Phi) is 4.87. The van der Waals surface area contributed by atoms with E-state index in [-0.39, 0.29) is 5.54 Å². The zero-order valence-electron chi connectivity index (χ0n) is 13.4. The second kappa shape index (κ2) is 6.45. The Bertz CT molecular complexity index is 546. The highest BCUT2D eigenvalue weighted by Gasteiger charge is 2.09. The Morgan fingerprint density at radius 1 is 1.10 bits per heavy atom. The van der Waals surface area contributed by atoms with Gasteiger partial charge in [-0.25, -0.2) is 0 Å². The molecule has 1 aromatic heterocycles. The summed E-state index contributed by atoms with van der Waals surface area (Å²) in [6.45, 7) is 10.9. The molecule has 2 nitrogen and oxygen atoms in total. The molecule has 110 valence electrons. The van der Waals surface area contributed by atoms with Gasteiger partial charge in [0.25, 0.3) is 0 Å². The molecular formula is C18H28N2. The Balaban J connectivity index is 2.07. The fourth-order valence-electron chi connectivity index (χ4n) is 2.45. The second-order valence-corrected chi connectivity index (χ2v) is 6.71. The van der Waals surface area contributed by atoms with Crippen molar-refractivity contribution in [2.75, 3.05) is 0 Å². The van der Waals surface area contributed by atoms with Gasteiger partial charge in [-0.05, 0) is 56.3 Å². The Morgan fingerprint density at radius 2 is 1.90 bits per heavy atom. The van der Waals surface area contributed by atoms with E-state index in [1.807, 2.05) is 0 Å². The van der Waals surface area contributed by atoms with E-state index in [2.05, 4.69) is 68.0 Å². The predicted molar refractivity (Wildman–Crippen MR) is 88.1 cm³/mol. The van der Waals surface area contributed by atoms with E-state index < -0.39 is 0 Å². The fraction of sp³-hybridized carbons (Fsp3) is 0.556. The average molecular weight is 272 g/mol. The van der Waals surface area contributed by atoms with E-state index in [0.717, 1.165) is 13.1 Å². The standard InChI is InChI=1S/C18H28N2/c1-5-6-7-11-20-12-10-16-13-15(8-9-17(16)20)14-19-18(2,3)4/h8-10,12-13,19H,5-7,11,14H2,1-4H3. The van der Waals surface area contributed by atoms with Crippen LogP contribution in [0.1, 0.15) is 52.5 Å². The quantitative estimate of drug-likeness (QED) is 0.753. The maximum atomic E-state index is 3.54. The van der Waals surface area contributed by atoms with Gasteiger partial charge in [-0.1, -0.05) is 25.8 Å². The summed E-state index contributed by atoms with van der Waals surface area (Å²) in [6.07, 6.45) is 6.09. The highest BCUT2D eigenvalue weighted by molar-refractivity contribution is 5.80. The third kappa shape index (κ3) is 4.11. The highest BCUT2D eigenvalue weighted by atomic mass is 15.0. The maximum Gasteiger partial charge on any atom is 0.0480 e. The van der Waals surface area contributed by atoms with Crippen LogP contribution in [-0.2, 0) is 13.1 Å². The number of unbranched alkanes of at least 4 members (excludes halogenated alkanes) is 2. The Labute approximate surface area is 123 Å². The van der Waals surface area contributed by atoms with Crippen molar-refractivity contribution in [2.45, 2.75) is 65.6 Å². The first-order valence-electron chi connectivity index (χ1n) is 7.82. The maximum absolute atomic E-state index is 3.54. The number of aromatic nitrogens is 1. The smallest absolute Gasteiger partial charge is 0.0480 e. The van der Waals surface area contributed by atoms with Gasteiger partial charge in [0.1, 0.15) is 0 Å². The van der Waals surface area contributed by atoms with E-state index in [9.17, 15) is 0 Å². The minimum atomic E-state index is 0.168. The molecule has 2 aromatic rings. The van der Waals surface area contributed by atoms with Crippen molar-refractivity contribution in [2.24, 2.45) is 0 Å². The zero-order chi connectivity index (χ0) is 14.6. The van der Waals surface area contributed by atoms with Crippen molar-refractivity contribution in [1.29, 1.82) is 0 Å². The van der Waals surface area contributed by atoms with Crippen LogP contribution in [0, 0.1) is 0 Å². The van der Waals surface area contributed by atoms with Gasteiger partial charge in [0.2, 0.25) is 0 Å². The molecule has 0 saturated heterocycles. The highest BCUT2D eigenvalue weighted by Crippen LogP contribution is 2.19. The number of nitrogens with zero attached hydrogens (tertiary/aromatic N) is 1. The minimum absolute atomic E-state index is 0.168. The summed E-state index contributed by atoms with van der Waals surface area (Å²) >= 11 is 0. The average Bonchev–Trinajstić information content (AvgIpc) is 2.79. The van der Waals surface area contributed by atoms with Crippen LogP contribution in [0.5, 0.6) is 0 Å². The number of rotatable bonds is 6. The second-order valence-electron chi connectivity index (χ2n) is 6.71. The third-order valence-corrected chi connectivity index (χ3v) is 3.66. The number of fused-ring (bicyclic) bond motifs is 1.